The van der Waals surface area contributed by atoms with Crippen molar-refractivity contribution in [2.75, 3.05) is 12.4 Å². The average molecular weight is 308 g/mol. The van der Waals surface area contributed by atoms with Crippen LogP contribution in [0.1, 0.15) is 24.2 Å². The molecule has 112 valence electrons. The monoisotopic (exact) mass is 308 g/mol. The fourth-order valence-corrected chi connectivity index (χ4v) is 2.92. The molecule has 0 aliphatic heterocycles. The summed E-state index contributed by atoms with van der Waals surface area (Å²) >= 11 is 0. The molecule has 2 rings (SSSR count). The lowest BCUT2D eigenvalue weighted by Crippen LogP contribution is -2.09. The van der Waals surface area contributed by atoms with Crippen LogP contribution in [0.3, 0.4) is 0 Å². The molecule has 0 fully saturated rings. The van der Waals surface area contributed by atoms with Gasteiger partial charge in [0.2, 0.25) is 0 Å². The Morgan fingerprint density at radius 2 is 2.00 bits per heavy atom. The van der Waals surface area contributed by atoms with Crippen molar-refractivity contribution in [3.63, 3.8) is 0 Å². The topological polar surface area (TPSA) is 78.3 Å². The molecule has 0 saturated carbocycles. The van der Waals surface area contributed by atoms with Crippen LogP contribution in [0.4, 0.5) is 0 Å². The van der Waals surface area contributed by atoms with E-state index in [-0.39, 0.29) is 22.8 Å². The minimum Gasteiger partial charge on any atom is -0.462 e. The average Bonchev–Trinajstić information content (AvgIpc) is 2.97. The number of benzene rings is 1. The van der Waals surface area contributed by atoms with Crippen molar-refractivity contribution in [1.29, 1.82) is 0 Å². The predicted molar refractivity (Wildman–Crippen MR) is 77.2 cm³/mol. The molecule has 0 unspecified atom stereocenters. The van der Waals surface area contributed by atoms with E-state index in [9.17, 15) is 13.2 Å². The zero-order valence-corrected chi connectivity index (χ0v) is 12.6. The molecule has 0 bridgehead atoms. The molecule has 1 heterocycles. The van der Waals surface area contributed by atoms with Gasteiger partial charge in [-0.2, -0.15) is 5.10 Å². The smallest absolute Gasteiger partial charge is 0.341 e. The first kappa shape index (κ1) is 15.2. The Morgan fingerprint density at radius 3 is 2.67 bits per heavy atom. The zero-order chi connectivity index (χ0) is 15.5. The van der Waals surface area contributed by atoms with E-state index < -0.39 is 15.8 Å². The van der Waals surface area contributed by atoms with E-state index in [0.29, 0.717) is 5.69 Å². The first-order chi connectivity index (χ1) is 9.99. The maximum absolute atomic E-state index is 12.1. The predicted octanol–water partition coefficient (Wildman–Crippen LogP) is 1.84. The summed E-state index contributed by atoms with van der Waals surface area (Å²) in [4.78, 5) is 11.8. The summed E-state index contributed by atoms with van der Waals surface area (Å²) in [6.45, 7) is 3.56. The first-order valence-corrected chi connectivity index (χ1v) is 8.18. The van der Waals surface area contributed by atoms with Crippen LogP contribution in [0.5, 0.6) is 0 Å². The summed E-state index contributed by atoms with van der Waals surface area (Å²) in [7, 11) is -3.38. The fourth-order valence-electron chi connectivity index (χ4n) is 1.84. The standard InChI is InChI=1S/C14H16N2O4S/c1-3-20-14(17)11-9-15-16(10-11)12-7-5-6-8-13(12)21(18,19)4-2/h5-10H,3-4H2,1-2H3. The van der Waals surface area contributed by atoms with Gasteiger partial charge in [0, 0.05) is 6.20 Å². The van der Waals surface area contributed by atoms with Gasteiger partial charge in [-0.1, -0.05) is 19.1 Å². The van der Waals surface area contributed by atoms with Gasteiger partial charge in [0.15, 0.2) is 9.84 Å². The Balaban J connectivity index is 2.47. The first-order valence-electron chi connectivity index (χ1n) is 6.53. The van der Waals surface area contributed by atoms with Crippen LogP contribution in [-0.4, -0.2) is 36.5 Å². The van der Waals surface area contributed by atoms with Crippen LogP contribution >= 0.6 is 0 Å². The number of para-hydroxylation sites is 1. The Bertz CT molecular complexity index is 750. The van der Waals surface area contributed by atoms with Crippen LogP contribution in [0.15, 0.2) is 41.6 Å². The zero-order valence-electron chi connectivity index (χ0n) is 11.8. The van der Waals surface area contributed by atoms with Gasteiger partial charge in [-0.05, 0) is 19.1 Å². The van der Waals surface area contributed by atoms with Crippen molar-refractivity contribution in [3.8, 4) is 5.69 Å². The van der Waals surface area contributed by atoms with E-state index in [4.69, 9.17) is 4.74 Å². The number of sulfone groups is 1. The quantitative estimate of drug-likeness (QED) is 0.788. The van der Waals surface area contributed by atoms with Gasteiger partial charge < -0.3 is 4.74 Å². The third-order valence-corrected chi connectivity index (χ3v) is 4.70. The molecular formula is C14H16N2O4S. The molecule has 1 aromatic heterocycles. The summed E-state index contributed by atoms with van der Waals surface area (Å²) in [5, 5.41) is 4.05. The van der Waals surface area contributed by atoms with E-state index in [0.717, 1.165) is 0 Å². The molecule has 0 saturated heterocycles. The van der Waals surface area contributed by atoms with E-state index in [1.807, 2.05) is 0 Å². The van der Waals surface area contributed by atoms with Crippen LogP contribution in [0.2, 0.25) is 0 Å². The van der Waals surface area contributed by atoms with Crippen molar-refractivity contribution in [3.05, 3.63) is 42.2 Å². The second kappa shape index (κ2) is 6.09. The molecule has 2 aromatic rings. The molecule has 0 amide bonds. The normalized spacial score (nSPS) is 11.3. The Kier molecular flexibility index (Phi) is 4.42. The Labute approximate surface area is 123 Å². The van der Waals surface area contributed by atoms with E-state index in [1.165, 1.54) is 23.1 Å². The lowest BCUT2D eigenvalue weighted by molar-refractivity contribution is 0.0526. The molecule has 0 aliphatic rings. The van der Waals surface area contributed by atoms with Gasteiger partial charge in [0.05, 0.1) is 34.7 Å². The van der Waals surface area contributed by atoms with E-state index in [2.05, 4.69) is 5.10 Å². The minimum absolute atomic E-state index is 0.00395. The number of ether oxygens (including phenoxy) is 1. The number of carbonyl (C=O) groups is 1. The van der Waals surface area contributed by atoms with E-state index in [1.54, 1.807) is 32.0 Å². The molecule has 0 atom stereocenters. The lowest BCUT2D eigenvalue weighted by atomic mass is 10.3. The molecular weight excluding hydrogens is 292 g/mol. The molecule has 0 radical (unpaired) electrons. The van der Waals surface area contributed by atoms with Gasteiger partial charge in [-0.15, -0.1) is 0 Å². The van der Waals surface area contributed by atoms with Crippen LogP contribution in [-0.2, 0) is 14.6 Å². The second-order valence-corrected chi connectivity index (χ2v) is 6.51. The van der Waals surface area contributed by atoms with Crippen molar-refractivity contribution in [2.24, 2.45) is 0 Å². The van der Waals surface area contributed by atoms with Gasteiger partial charge in [-0.3, -0.25) is 0 Å². The van der Waals surface area contributed by atoms with Crippen molar-refractivity contribution < 1.29 is 17.9 Å². The number of esters is 1. The van der Waals surface area contributed by atoms with Gasteiger partial charge in [0.1, 0.15) is 0 Å². The highest BCUT2D eigenvalue weighted by Crippen LogP contribution is 2.21. The van der Waals surface area contributed by atoms with Gasteiger partial charge in [-0.25, -0.2) is 17.9 Å². The maximum Gasteiger partial charge on any atom is 0.341 e. The Morgan fingerprint density at radius 1 is 1.29 bits per heavy atom. The Hall–Kier alpha value is -2.15. The molecule has 6 nitrogen and oxygen atoms in total. The highest BCUT2D eigenvalue weighted by atomic mass is 32.2. The molecule has 0 spiro atoms. The number of hydrogen-bond donors (Lipinski definition) is 0. The number of rotatable bonds is 5. The van der Waals surface area contributed by atoms with Gasteiger partial charge in [0.25, 0.3) is 0 Å². The minimum atomic E-state index is -3.38. The number of nitrogens with zero attached hydrogens (tertiary/aromatic N) is 2. The number of hydrogen-bond acceptors (Lipinski definition) is 5. The van der Waals surface area contributed by atoms with Crippen molar-refractivity contribution >= 4 is 15.8 Å². The van der Waals surface area contributed by atoms with Crippen LogP contribution in [0, 0.1) is 0 Å². The summed E-state index contributed by atoms with van der Waals surface area (Å²) in [5.74, 6) is -0.490. The van der Waals surface area contributed by atoms with E-state index >= 15 is 0 Å². The molecule has 21 heavy (non-hydrogen) atoms. The fraction of sp³-hybridized carbons (Fsp3) is 0.286. The highest BCUT2D eigenvalue weighted by Gasteiger charge is 2.18. The molecule has 1 aromatic carbocycles. The lowest BCUT2D eigenvalue weighted by Gasteiger charge is -2.08. The van der Waals surface area contributed by atoms with Crippen LogP contribution in [0.25, 0.3) is 5.69 Å². The number of aromatic nitrogens is 2. The third-order valence-electron chi connectivity index (χ3n) is 2.92. The summed E-state index contributed by atoms with van der Waals surface area (Å²) in [6.07, 6.45) is 2.81. The third kappa shape index (κ3) is 3.13. The van der Waals surface area contributed by atoms with Crippen molar-refractivity contribution in [1.82, 2.24) is 9.78 Å². The second-order valence-electron chi connectivity index (χ2n) is 4.27. The van der Waals surface area contributed by atoms with Gasteiger partial charge >= 0.3 is 5.97 Å². The highest BCUT2D eigenvalue weighted by molar-refractivity contribution is 7.91. The summed E-state index contributed by atoms with van der Waals surface area (Å²) < 4.78 is 30.5. The van der Waals surface area contributed by atoms with Crippen molar-refractivity contribution in [2.45, 2.75) is 18.7 Å². The maximum atomic E-state index is 12.1. The summed E-state index contributed by atoms with van der Waals surface area (Å²) in [6, 6.07) is 6.54. The summed E-state index contributed by atoms with van der Waals surface area (Å²) in [5.41, 5.74) is 0.690. The molecule has 0 N–H and O–H groups in total. The molecule has 0 aliphatic carbocycles. The van der Waals surface area contributed by atoms with Crippen LogP contribution < -0.4 is 0 Å². The largest absolute Gasteiger partial charge is 0.462 e. The molecule has 7 heteroatoms. The SMILES string of the molecule is CCOC(=O)c1cnn(-c2ccccc2S(=O)(=O)CC)c1. The number of carbonyl (C=O) groups excluding carboxylic acids is 1.